The Labute approximate surface area is 184 Å². The Morgan fingerprint density at radius 1 is 0.844 bits per heavy atom. The maximum Gasteiger partial charge on any atom is 0.305 e. The first-order valence-electron chi connectivity index (χ1n) is 9.81. The van der Waals surface area contributed by atoms with E-state index in [0.29, 0.717) is 16.7 Å². The summed E-state index contributed by atoms with van der Waals surface area (Å²) in [6.07, 6.45) is 0. The third-order valence-corrected chi connectivity index (χ3v) is 6.69. The van der Waals surface area contributed by atoms with Crippen molar-refractivity contribution in [3.05, 3.63) is 101 Å². The van der Waals surface area contributed by atoms with Crippen LogP contribution in [0.15, 0.2) is 88.2 Å². The largest absolute Gasteiger partial charge is 0.451 e. The number of benzene rings is 3. The van der Waals surface area contributed by atoms with Crippen molar-refractivity contribution in [1.82, 2.24) is 10.9 Å². The topological polar surface area (TPSA) is 105 Å². The van der Waals surface area contributed by atoms with Gasteiger partial charge in [-0.3, -0.25) is 20.4 Å². The van der Waals surface area contributed by atoms with Crippen LogP contribution in [0.4, 0.5) is 0 Å². The second kappa shape index (κ2) is 8.68. The van der Waals surface area contributed by atoms with E-state index in [4.69, 9.17) is 4.42 Å². The zero-order valence-electron chi connectivity index (χ0n) is 17.2. The van der Waals surface area contributed by atoms with Crippen LogP contribution in [-0.4, -0.2) is 20.2 Å². The molecule has 4 aromatic rings. The van der Waals surface area contributed by atoms with E-state index in [9.17, 15) is 18.0 Å². The van der Waals surface area contributed by atoms with E-state index in [-0.39, 0.29) is 22.0 Å². The summed E-state index contributed by atoms with van der Waals surface area (Å²) < 4.78 is 30.8. The summed E-state index contributed by atoms with van der Waals surface area (Å²) in [5.74, 6) is -1.31. The molecule has 0 spiro atoms. The van der Waals surface area contributed by atoms with E-state index in [1.165, 1.54) is 24.3 Å². The van der Waals surface area contributed by atoms with Gasteiger partial charge < -0.3 is 4.42 Å². The summed E-state index contributed by atoms with van der Waals surface area (Å²) in [6, 6.07) is 21.6. The second-order valence-electron chi connectivity index (χ2n) is 7.23. The quantitative estimate of drug-likeness (QED) is 0.452. The number of sulfone groups is 1. The molecule has 0 unspecified atom stereocenters. The van der Waals surface area contributed by atoms with Gasteiger partial charge in [0.2, 0.25) is 0 Å². The van der Waals surface area contributed by atoms with Crippen LogP contribution in [0, 0.1) is 6.92 Å². The first kappa shape index (κ1) is 21.3. The van der Waals surface area contributed by atoms with Gasteiger partial charge in [-0.05, 0) is 42.8 Å². The van der Waals surface area contributed by atoms with E-state index in [0.717, 1.165) is 5.39 Å². The van der Waals surface area contributed by atoms with Gasteiger partial charge in [0.15, 0.2) is 15.6 Å². The maximum atomic E-state index is 12.6. The number of rotatable bonds is 5. The number of carbonyl (C=O) groups excluding carboxylic acids is 2. The van der Waals surface area contributed by atoms with Gasteiger partial charge in [0, 0.05) is 16.5 Å². The molecule has 0 aliphatic rings. The van der Waals surface area contributed by atoms with E-state index in [1.807, 2.05) is 12.1 Å². The summed E-state index contributed by atoms with van der Waals surface area (Å²) in [5, 5.41) is 0.816. The molecule has 0 radical (unpaired) electrons. The van der Waals surface area contributed by atoms with Crippen molar-refractivity contribution in [3.8, 4) is 0 Å². The van der Waals surface area contributed by atoms with Crippen LogP contribution >= 0.6 is 0 Å². The van der Waals surface area contributed by atoms with Gasteiger partial charge >= 0.3 is 5.91 Å². The Kier molecular flexibility index (Phi) is 5.79. The second-order valence-corrected chi connectivity index (χ2v) is 9.22. The smallest absolute Gasteiger partial charge is 0.305 e. The molecule has 32 heavy (non-hydrogen) atoms. The Hall–Kier alpha value is -3.91. The minimum absolute atomic E-state index is 0.106. The Bertz CT molecular complexity index is 1410. The standard InChI is InChI=1S/C24H20N2O5S/c1-16-20-12-5-6-13-21(20)31-22(16)24(28)26-25-23(27)18-9-7-8-17(14-18)15-32(29,30)19-10-3-2-4-11-19/h2-14H,15H2,1H3,(H,25,27)(H,26,28). The lowest BCUT2D eigenvalue weighted by Gasteiger charge is -2.09. The van der Waals surface area contributed by atoms with Gasteiger partial charge in [0.05, 0.1) is 10.6 Å². The molecule has 8 heteroatoms. The molecular formula is C24H20N2O5S. The lowest BCUT2D eigenvalue weighted by atomic mass is 10.1. The van der Waals surface area contributed by atoms with Gasteiger partial charge in [-0.1, -0.05) is 48.5 Å². The molecule has 0 fully saturated rings. The van der Waals surface area contributed by atoms with E-state index in [1.54, 1.807) is 49.4 Å². The number of fused-ring (bicyclic) bond motifs is 1. The molecule has 2 N–H and O–H groups in total. The molecule has 7 nitrogen and oxygen atoms in total. The van der Waals surface area contributed by atoms with Gasteiger partial charge in [-0.2, -0.15) is 0 Å². The molecule has 1 aromatic heterocycles. The molecule has 0 aliphatic carbocycles. The number of aryl methyl sites for hydroxylation is 1. The zero-order valence-corrected chi connectivity index (χ0v) is 18.0. The number of furan rings is 1. The van der Waals surface area contributed by atoms with Crippen molar-refractivity contribution in [1.29, 1.82) is 0 Å². The Morgan fingerprint density at radius 2 is 1.53 bits per heavy atom. The average molecular weight is 449 g/mol. The highest BCUT2D eigenvalue weighted by atomic mass is 32.2. The number of hydrogen-bond donors (Lipinski definition) is 2. The fraction of sp³-hybridized carbons (Fsp3) is 0.0833. The molecular weight excluding hydrogens is 428 g/mol. The molecule has 162 valence electrons. The predicted octanol–water partition coefficient (Wildman–Crippen LogP) is 3.79. The fourth-order valence-corrected chi connectivity index (χ4v) is 4.72. The van der Waals surface area contributed by atoms with Crippen molar-refractivity contribution in [3.63, 3.8) is 0 Å². The molecule has 2 amide bonds. The molecule has 0 bridgehead atoms. The molecule has 4 rings (SSSR count). The van der Waals surface area contributed by atoms with Crippen LogP contribution < -0.4 is 10.9 Å². The number of amides is 2. The van der Waals surface area contributed by atoms with Crippen LogP contribution in [0.25, 0.3) is 11.0 Å². The summed E-state index contributed by atoms with van der Waals surface area (Å²) in [6.45, 7) is 1.76. The molecule has 0 saturated heterocycles. The molecule has 0 aliphatic heterocycles. The summed E-state index contributed by atoms with van der Waals surface area (Å²) in [4.78, 5) is 25.2. The van der Waals surface area contributed by atoms with Gasteiger partial charge in [-0.25, -0.2) is 8.42 Å². The first-order chi connectivity index (χ1) is 15.3. The van der Waals surface area contributed by atoms with Gasteiger partial charge in [0.1, 0.15) is 5.58 Å². The van der Waals surface area contributed by atoms with E-state index >= 15 is 0 Å². The van der Waals surface area contributed by atoms with Crippen molar-refractivity contribution >= 4 is 32.6 Å². The molecule has 0 saturated carbocycles. The van der Waals surface area contributed by atoms with Crippen LogP contribution in [-0.2, 0) is 15.6 Å². The lowest BCUT2D eigenvalue weighted by Crippen LogP contribution is -2.41. The zero-order chi connectivity index (χ0) is 22.7. The monoisotopic (exact) mass is 448 g/mol. The van der Waals surface area contributed by atoms with Crippen LogP contribution in [0.2, 0.25) is 0 Å². The van der Waals surface area contributed by atoms with Gasteiger partial charge in [-0.15, -0.1) is 0 Å². The highest BCUT2D eigenvalue weighted by molar-refractivity contribution is 7.90. The molecule has 3 aromatic carbocycles. The number of para-hydroxylation sites is 1. The number of carbonyl (C=O) groups is 2. The third-order valence-electron chi connectivity index (χ3n) is 4.99. The van der Waals surface area contributed by atoms with Crippen molar-refractivity contribution in [2.75, 3.05) is 0 Å². The minimum Gasteiger partial charge on any atom is -0.451 e. The fourth-order valence-electron chi connectivity index (χ4n) is 3.37. The van der Waals surface area contributed by atoms with Crippen molar-refractivity contribution < 1.29 is 22.4 Å². The number of hydrazine groups is 1. The lowest BCUT2D eigenvalue weighted by molar-refractivity contribution is 0.0831. The highest BCUT2D eigenvalue weighted by Crippen LogP contribution is 2.24. The number of hydrogen-bond acceptors (Lipinski definition) is 5. The molecule has 1 heterocycles. The van der Waals surface area contributed by atoms with E-state index in [2.05, 4.69) is 10.9 Å². The van der Waals surface area contributed by atoms with E-state index < -0.39 is 21.7 Å². The maximum absolute atomic E-state index is 12.6. The summed E-state index contributed by atoms with van der Waals surface area (Å²) >= 11 is 0. The van der Waals surface area contributed by atoms with Crippen LogP contribution in [0.3, 0.4) is 0 Å². The van der Waals surface area contributed by atoms with Crippen LogP contribution in [0.5, 0.6) is 0 Å². The Balaban J connectivity index is 1.45. The Morgan fingerprint density at radius 3 is 2.28 bits per heavy atom. The third kappa shape index (κ3) is 4.40. The minimum atomic E-state index is -3.55. The highest BCUT2D eigenvalue weighted by Gasteiger charge is 2.19. The van der Waals surface area contributed by atoms with Gasteiger partial charge in [0.25, 0.3) is 5.91 Å². The number of nitrogens with one attached hydrogen (secondary N) is 2. The van der Waals surface area contributed by atoms with Crippen molar-refractivity contribution in [2.24, 2.45) is 0 Å². The predicted molar refractivity (Wildman–Crippen MR) is 120 cm³/mol. The average Bonchev–Trinajstić information content (AvgIpc) is 3.14. The summed E-state index contributed by atoms with van der Waals surface area (Å²) in [7, 11) is -3.55. The summed E-state index contributed by atoms with van der Waals surface area (Å²) in [5.41, 5.74) is 6.60. The normalized spacial score (nSPS) is 11.3. The van der Waals surface area contributed by atoms with Crippen molar-refractivity contribution in [2.45, 2.75) is 17.6 Å². The molecule has 0 atom stereocenters. The SMILES string of the molecule is Cc1c(C(=O)NNC(=O)c2cccc(CS(=O)(=O)c3ccccc3)c2)oc2ccccc12. The van der Waals surface area contributed by atoms with Crippen LogP contribution in [0.1, 0.15) is 32.0 Å². The first-order valence-corrected chi connectivity index (χ1v) is 11.5.